The first-order valence-electron chi connectivity index (χ1n) is 9.95. The molecule has 1 N–H and O–H groups in total. The van der Waals surface area contributed by atoms with Gasteiger partial charge in [-0.25, -0.2) is 4.79 Å². The van der Waals surface area contributed by atoms with Crippen molar-refractivity contribution in [1.29, 1.82) is 0 Å². The first kappa shape index (κ1) is 20.3. The highest BCUT2D eigenvalue weighted by Crippen LogP contribution is 2.20. The van der Waals surface area contributed by atoms with Gasteiger partial charge < -0.3 is 5.11 Å². The fraction of sp³-hybridized carbons (Fsp3) is 0.375. The first-order valence-corrected chi connectivity index (χ1v) is 9.95. The topological polar surface area (TPSA) is 43.8 Å². The number of rotatable bonds is 5. The Balaban J connectivity index is 1.61. The lowest BCUT2D eigenvalue weighted by atomic mass is 10.0. The van der Waals surface area contributed by atoms with E-state index in [9.17, 15) is 4.79 Å². The van der Waals surface area contributed by atoms with Crippen molar-refractivity contribution in [3.05, 3.63) is 83.0 Å². The number of piperazine rings is 1. The van der Waals surface area contributed by atoms with E-state index in [4.69, 9.17) is 5.11 Å². The Morgan fingerprint density at radius 2 is 1.64 bits per heavy atom. The molecule has 2 aliphatic rings. The molecule has 4 nitrogen and oxygen atoms in total. The van der Waals surface area contributed by atoms with Gasteiger partial charge in [0.15, 0.2) is 0 Å². The van der Waals surface area contributed by atoms with Crippen LogP contribution in [0.25, 0.3) is 0 Å². The summed E-state index contributed by atoms with van der Waals surface area (Å²) in [6.45, 7) is 10.6. The Hall–Kier alpha value is -2.43. The van der Waals surface area contributed by atoms with E-state index in [2.05, 4.69) is 67.0 Å². The Kier molecular flexibility index (Phi) is 6.65. The average Bonchev–Trinajstić information content (AvgIpc) is 2.64. The van der Waals surface area contributed by atoms with E-state index >= 15 is 0 Å². The second-order valence-electron chi connectivity index (χ2n) is 7.94. The molecule has 28 heavy (non-hydrogen) atoms. The van der Waals surface area contributed by atoms with Gasteiger partial charge in [0, 0.05) is 38.3 Å². The van der Waals surface area contributed by atoms with Crippen LogP contribution in [-0.2, 0) is 6.54 Å². The molecule has 0 radical (unpaired) electrons. The third-order valence-electron chi connectivity index (χ3n) is 5.49. The predicted octanol–water partition coefficient (Wildman–Crippen LogP) is 4.28. The molecule has 1 saturated heterocycles. The molecule has 3 rings (SSSR count). The summed E-state index contributed by atoms with van der Waals surface area (Å²) in [4.78, 5) is 16.1. The number of carbonyl (C=O) groups is 1. The van der Waals surface area contributed by atoms with Crippen molar-refractivity contribution in [2.45, 2.75) is 39.4 Å². The summed E-state index contributed by atoms with van der Waals surface area (Å²) >= 11 is 0. The van der Waals surface area contributed by atoms with Gasteiger partial charge in [-0.05, 0) is 44.0 Å². The SMILES string of the molecule is CC1=C\C=C(CN2C(C)CN(Cc3ccc(C(=O)O)cc3)C[C@@H]2C)/C=C\C=C\1. The minimum absolute atomic E-state index is 0.343. The number of nitrogens with zero attached hydrogens (tertiary/aromatic N) is 2. The Morgan fingerprint density at radius 3 is 2.29 bits per heavy atom. The monoisotopic (exact) mass is 378 g/mol. The Morgan fingerprint density at radius 1 is 1.00 bits per heavy atom. The van der Waals surface area contributed by atoms with Gasteiger partial charge >= 0.3 is 5.97 Å². The van der Waals surface area contributed by atoms with E-state index in [0.29, 0.717) is 17.6 Å². The lowest BCUT2D eigenvalue weighted by molar-refractivity contribution is 0.0427. The van der Waals surface area contributed by atoms with Gasteiger partial charge in [-0.3, -0.25) is 9.80 Å². The number of aromatic carboxylic acids is 1. The van der Waals surface area contributed by atoms with E-state index in [-0.39, 0.29) is 0 Å². The largest absolute Gasteiger partial charge is 0.478 e. The molecule has 0 spiro atoms. The minimum atomic E-state index is -0.875. The molecule has 1 unspecified atom stereocenters. The van der Waals surface area contributed by atoms with Crippen LogP contribution in [0.1, 0.15) is 36.7 Å². The molecule has 0 aromatic heterocycles. The molecule has 4 heteroatoms. The Labute approximate surface area is 168 Å². The summed E-state index contributed by atoms with van der Waals surface area (Å²) in [6, 6.07) is 8.16. The highest BCUT2D eigenvalue weighted by molar-refractivity contribution is 5.87. The van der Waals surface area contributed by atoms with Crippen LogP contribution in [0.2, 0.25) is 0 Å². The van der Waals surface area contributed by atoms with Gasteiger partial charge in [0.2, 0.25) is 0 Å². The van der Waals surface area contributed by atoms with Crippen LogP contribution < -0.4 is 0 Å². The van der Waals surface area contributed by atoms with Gasteiger partial charge in [-0.1, -0.05) is 54.2 Å². The van der Waals surface area contributed by atoms with Crippen molar-refractivity contribution in [1.82, 2.24) is 9.80 Å². The van der Waals surface area contributed by atoms with E-state index in [0.717, 1.165) is 31.7 Å². The van der Waals surface area contributed by atoms with Crippen molar-refractivity contribution in [2.75, 3.05) is 19.6 Å². The molecule has 1 aliphatic carbocycles. The number of carboxylic acid groups (broad SMARTS) is 1. The highest BCUT2D eigenvalue weighted by Gasteiger charge is 2.29. The summed E-state index contributed by atoms with van der Waals surface area (Å²) in [7, 11) is 0. The molecule has 1 aromatic carbocycles. The van der Waals surface area contributed by atoms with Crippen LogP contribution in [0.15, 0.2) is 71.9 Å². The summed E-state index contributed by atoms with van der Waals surface area (Å²) in [6.07, 6.45) is 13.0. The third kappa shape index (κ3) is 5.31. The zero-order valence-electron chi connectivity index (χ0n) is 17.0. The van der Waals surface area contributed by atoms with Crippen molar-refractivity contribution in [2.24, 2.45) is 0 Å². The minimum Gasteiger partial charge on any atom is -0.478 e. The van der Waals surface area contributed by atoms with Gasteiger partial charge in [-0.15, -0.1) is 0 Å². The van der Waals surface area contributed by atoms with Gasteiger partial charge in [0.1, 0.15) is 0 Å². The molecule has 1 aromatic rings. The summed E-state index contributed by atoms with van der Waals surface area (Å²) < 4.78 is 0. The van der Waals surface area contributed by atoms with Crippen LogP contribution in [0.5, 0.6) is 0 Å². The average molecular weight is 379 g/mol. The molecular weight excluding hydrogens is 348 g/mol. The predicted molar refractivity (Wildman–Crippen MR) is 114 cm³/mol. The van der Waals surface area contributed by atoms with Crippen molar-refractivity contribution < 1.29 is 9.90 Å². The Bertz CT molecular complexity index is 806. The van der Waals surface area contributed by atoms with E-state index in [1.165, 1.54) is 11.1 Å². The molecule has 1 fully saturated rings. The maximum Gasteiger partial charge on any atom is 0.335 e. The summed E-state index contributed by atoms with van der Waals surface area (Å²) in [5.41, 5.74) is 4.10. The van der Waals surface area contributed by atoms with E-state index in [1.54, 1.807) is 12.1 Å². The fourth-order valence-electron chi connectivity index (χ4n) is 3.97. The quantitative estimate of drug-likeness (QED) is 0.831. The van der Waals surface area contributed by atoms with Gasteiger partial charge in [-0.2, -0.15) is 0 Å². The van der Waals surface area contributed by atoms with Gasteiger partial charge in [0.25, 0.3) is 0 Å². The van der Waals surface area contributed by atoms with Crippen LogP contribution in [-0.4, -0.2) is 52.6 Å². The van der Waals surface area contributed by atoms with Crippen molar-refractivity contribution in [3.63, 3.8) is 0 Å². The lowest BCUT2D eigenvalue weighted by Crippen LogP contribution is -2.56. The van der Waals surface area contributed by atoms with Crippen molar-refractivity contribution >= 4 is 5.97 Å². The maximum atomic E-state index is 11.0. The molecular formula is C24H30N2O2. The molecule has 2 atom stereocenters. The normalized spacial score (nSPS) is 29.7. The summed E-state index contributed by atoms with van der Waals surface area (Å²) in [5.74, 6) is -0.875. The van der Waals surface area contributed by atoms with E-state index < -0.39 is 5.97 Å². The van der Waals surface area contributed by atoms with Crippen LogP contribution in [0.4, 0.5) is 0 Å². The van der Waals surface area contributed by atoms with Crippen LogP contribution in [0.3, 0.4) is 0 Å². The second kappa shape index (κ2) is 9.18. The molecule has 0 bridgehead atoms. The van der Waals surface area contributed by atoms with E-state index in [1.807, 2.05) is 12.1 Å². The fourth-order valence-corrected chi connectivity index (χ4v) is 3.97. The third-order valence-corrected chi connectivity index (χ3v) is 5.49. The smallest absolute Gasteiger partial charge is 0.335 e. The molecule has 148 valence electrons. The first-order chi connectivity index (χ1) is 13.4. The van der Waals surface area contributed by atoms with Crippen LogP contribution in [0, 0.1) is 0 Å². The molecule has 1 aliphatic heterocycles. The standard InChI is InChI=1S/C24H30N2O2/c1-18-6-4-5-7-21(9-8-18)17-26-19(2)14-25(15-20(26)3)16-22-10-12-23(13-11-22)24(27)28/h4-13,19-20H,14-17H2,1-3H3,(H,27,28)/b5-4?,6-4+,7-5-,9-8?,18-6?,18-8+,21-7?,21-9+/t19-,20?/m0/s1. The van der Waals surface area contributed by atoms with Crippen LogP contribution >= 0.6 is 0 Å². The van der Waals surface area contributed by atoms with Crippen molar-refractivity contribution in [3.8, 4) is 0 Å². The maximum absolute atomic E-state index is 11.0. The zero-order chi connectivity index (χ0) is 20.1. The number of benzene rings is 1. The lowest BCUT2D eigenvalue weighted by Gasteiger charge is -2.44. The summed E-state index contributed by atoms with van der Waals surface area (Å²) in [5, 5.41) is 9.05. The zero-order valence-corrected chi connectivity index (χ0v) is 17.0. The number of hydrogen-bond acceptors (Lipinski definition) is 3. The molecule has 0 amide bonds. The number of carboxylic acids is 1. The number of allylic oxidation sites excluding steroid dienone is 6. The molecule has 1 heterocycles. The molecule has 0 saturated carbocycles. The number of hydrogen-bond donors (Lipinski definition) is 1. The van der Waals surface area contributed by atoms with Gasteiger partial charge in [0.05, 0.1) is 5.56 Å². The second-order valence-corrected chi connectivity index (χ2v) is 7.94. The highest BCUT2D eigenvalue weighted by atomic mass is 16.4.